The number of rotatable bonds is 7. The summed E-state index contributed by atoms with van der Waals surface area (Å²) in [5, 5.41) is 6.58. The predicted molar refractivity (Wildman–Crippen MR) is 283 cm³/mol. The van der Waals surface area contributed by atoms with E-state index in [2.05, 4.69) is 215 Å². The quantitative estimate of drug-likeness (QED) is 0.160. The molecule has 14 aromatic rings. The van der Waals surface area contributed by atoms with Crippen LogP contribution in [-0.4, -0.2) is 24.1 Å². The van der Waals surface area contributed by atoms with Crippen molar-refractivity contribution >= 4 is 65.6 Å². The number of hydrogen-bond donors (Lipinski definition) is 0. The van der Waals surface area contributed by atoms with Crippen LogP contribution in [0.15, 0.2) is 241 Å². The number of hydrogen-bond acceptors (Lipinski definition) is 4. The van der Waals surface area contributed by atoms with Crippen molar-refractivity contribution in [1.29, 1.82) is 0 Å². The van der Waals surface area contributed by atoms with Gasteiger partial charge in [-0.1, -0.05) is 182 Å². The van der Waals surface area contributed by atoms with Gasteiger partial charge in [-0.25, -0.2) is 15.0 Å². The van der Waals surface area contributed by atoms with Crippen LogP contribution in [0.2, 0.25) is 0 Å². The van der Waals surface area contributed by atoms with Gasteiger partial charge in [-0.2, -0.15) is 0 Å². The molecule has 69 heavy (non-hydrogen) atoms. The highest BCUT2D eigenvalue weighted by atomic mass is 16.3. The molecule has 0 aliphatic rings. The minimum absolute atomic E-state index is 0.565. The van der Waals surface area contributed by atoms with Crippen LogP contribution in [0.1, 0.15) is 0 Å². The zero-order valence-corrected chi connectivity index (χ0v) is 37.2. The topological polar surface area (TPSA) is 61.7 Å². The minimum Gasteiger partial charge on any atom is -0.454 e. The van der Waals surface area contributed by atoms with Gasteiger partial charge in [-0.05, 0) is 71.3 Å². The van der Waals surface area contributed by atoms with Gasteiger partial charge in [0.25, 0.3) is 0 Å². The highest BCUT2D eigenvalue weighted by Gasteiger charge is 2.27. The summed E-state index contributed by atoms with van der Waals surface area (Å²) in [7, 11) is 0. The third-order valence-corrected chi connectivity index (χ3v) is 13.6. The third kappa shape index (κ3) is 6.16. The van der Waals surface area contributed by atoms with Crippen LogP contribution in [0.4, 0.5) is 0 Å². The minimum atomic E-state index is 0.565. The maximum absolute atomic E-state index is 7.13. The number of benzene rings is 10. The highest BCUT2D eigenvalue weighted by molar-refractivity contribution is 6.30. The van der Waals surface area contributed by atoms with Crippen molar-refractivity contribution in [3.63, 3.8) is 0 Å². The molecule has 6 heteroatoms. The van der Waals surface area contributed by atoms with E-state index in [0.717, 1.165) is 99.5 Å². The summed E-state index contributed by atoms with van der Waals surface area (Å²) < 4.78 is 12.0. The first kappa shape index (κ1) is 38.8. The van der Waals surface area contributed by atoms with Crippen LogP contribution in [0.25, 0.3) is 133 Å². The van der Waals surface area contributed by atoms with Gasteiger partial charge in [-0.15, -0.1) is 0 Å². The standard InChI is InChI=1S/C63H39N5O/c1-5-20-40(21-6-1)43-26-19-27-44(38-43)62-64-61(42-24-9-3-10-25-42)65-63(66-62)49-36-37-54(60-56(49)48-32-15-18-35-55(48)69-60)68-52-33-16-13-30-46(52)51-39-50(41-22-7-2-8-23-41)58-57(59(51)68)47-31-14-17-34-53(47)67(58)45-28-11-4-12-29-45/h1-39H. The van der Waals surface area contributed by atoms with E-state index in [1.165, 1.54) is 16.3 Å². The molecule has 0 atom stereocenters. The van der Waals surface area contributed by atoms with Gasteiger partial charge < -0.3 is 13.6 Å². The van der Waals surface area contributed by atoms with Crippen LogP contribution < -0.4 is 0 Å². The summed E-state index contributed by atoms with van der Waals surface area (Å²) in [5.41, 5.74) is 15.2. The van der Waals surface area contributed by atoms with Gasteiger partial charge in [0.05, 0.1) is 27.8 Å². The second kappa shape index (κ2) is 15.6. The van der Waals surface area contributed by atoms with E-state index in [0.29, 0.717) is 17.5 Å². The van der Waals surface area contributed by atoms with Crippen LogP contribution in [0.3, 0.4) is 0 Å². The molecule has 0 aliphatic heterocycles. The summed E-state index contributed by atoms with van der Waals surface area (Å²) in [6, 6.07) is 83.2. The van der Waals surface area contributed by atoms with E-state index in [4.69, 9.17) is 19.4 Å². The molecule has 0 saturated carbocycles. The normalized spacial score (nSPS) is 11.8. The Morgan fingerprint density at radius 3 is 1.61 bits per heavy atom. The van der Waals surface area contributed by atoms with Gasteiger partial charge in [0.1, 0.15) is 5.58 Å². The lowest BCUT2D eigenvalue weighted by atomic mass is 9.98. The molecular formula is C63H39N5O. The average molecular weight is 882 g/mol. The van der Waals surface area contributed by atoms with Crippen molar-refractivity contribution in [1.82, 2.24) is 24.1 Å². The SMILES string of the molecule is c1ccc(-c2cccc(-c3nc(-c4ccccc4)nc(-c4ccc(-n5c6ccccc6c6cc(-c7ccccc7)c7c(c8ccccc8n7-c7ccccc7)c65)c5oc6ccccc6c45)n3)c2)cc1. The summed E-state index contributed by atoms with van der Waals surface area (Å²) >= 11 is 0. The summed E-state index contributed by atoms with van der Waals surface area (Å²) in [6.45, 7) is 0. The lowest BCUT2D eigenvalue weighted by Gasteiger charge is -2.15. The van der Waals surface area contributed by atoms with Gasteiger partial charge >= 0.3 is 0 Å². The van der Waals surface area contributed by atoms with E-state index < -0.39 is 0 Å². The fourth-order valence-corrected chi connectivity index (χ4v) is 10.5. The molecule has 0 radical (unpaired) electrons. The van der Waals surface area contributed by atoms with Crippen molar-refractivity contribution in [3.8, 4) is 67.8 Å². The maximum Gasteiger partial charge on any atom is 0.164 e. The van der Waals surface area contributed by atoms with Gasteiger partial charge in [-0.3, -0.25) is 0 Å². The number of furan rings is 1. The Hall–Kier alpha value is -9.39. The first-order chi connectivity index (χ1) is 34.2. The van der Waals surface area contributed by atoms with E-state index in [1.54, 1.807) is 0 Å². The molecule has 4 heterocycles. The van der Waals surface area contributed by atoms with E-state index in [1.807, 2.05) is 30.3 Å². The van der Waals surface area contributed by atoms with Crippen LogP contribution in [0, 0.1) is 0 Å². The molecule has 0 spiro atoms. The molecule has 0 unspecified atom stereocenters. The highest BCUT2D eigenvalue weighted by Crippen LogP contribution is 2.48. The summed E-state index contributed by atoms with van der Waals surface area (Å²) in [6.07, 6.45) is 0. The number of para-hydroxylation sites is 4. The van der Waals surface area contributed by atoms with Crippen LogP contribution in [0.5, 0.6) is 0 Å². The lowest BCUT2D eigenvalue weighted by molar-refractivity contribution is 0.666. The summed E-state index contributed by atoms with van der Waals surface area (Å²) in [5.74, 6) is 1.75. The van der Waals surface area contributed by atoms with Crippen molar-refractivity contribution < 1.29 is 4.42 Å². The van der Waals surface area contributed by atoms with Crippen molar-refractivity contribution in [2.45, 2.75) is 0 Å². The average Bonchev–Trinajstić information content (AvgIpc) is 4.10. The van der Waals surface area contributed by atoms with Gasteiger partial charge in [0.15, 0.2) is 23.1 Å². The molecule has 0 bridgehead atoms. The first-order valence-electron chi connectivity index (χ1n) is 23.3. The first-order valence-corrected chi connectivity index (χ1v) is 23.3. The van der Waals surface area contributed by atoms with Gasteiger partial charge in [0, 0.05) is 60.3 Å². The number of aromatic nitrogens is 5. The molecule has 0 N–H and O–H groups in total. The molecule has 0 aliphatic carbocycles. The van der Waals surface area contributed by atoms with Crippen LogP contribution in [-0.2, 0) is 0 Å². The molecule has 4 aromatic heterocycles. The van der Waals surface area contributed by atoms with Crippen molar-refractivity contribution in [3.05, 3.63) is 237 Å². The maximum atomic E-state index is 7.13. The fraction of sp³-hybridized carbons (Fsp3) is 0. The third-order valence-electron chi connectivity index (χ3n) is 13.6. The second-order valence-electron chi connectivity index (χ2n) is 17.5. The largest absolute Gasteiger partial charge is 0.454 e. The van der Waals surface area contributed by atoms with Crippen LogP contribution >= 0.6 is 0 Å². The van der Waals surface area contributed by atoms with Crippen molar-refractivity contribution in [2.24, 2.45) is 0 Å². The molecule has 0 saturated heterocycles. The molecule has 6 nitrogen and oxygen atoms in total. The number of nitrogens with zero attached hydrogens (tertiary/aromatic N) is 5. The molecule has 0 amide bonds. The van der Waals surface area contributed by atoms with E-state index >= 15 is 0 Å². The summed E-state index contributed by atoms with van der Waals surface area (Å²) in [4.78, 5) is 15.8. The smallest absolute Gasteiger partial charge is 0.164 e. The molecule has 10 aromatic carbocycles. The number of fused-ring (bicyclic) bond motifs is 10. The monoisotopic (exact) mass is 881 g/mol. The zero-order valence-electron chi connectivity index (χ0n) is 37.2. The molecule has 0 fully saturated rings. The Bertz CT molecular complexity index is 4290. The fourth-order valence-electron chi connectivity index (χ4n) is 10.5. The zero-order chi connectivity index (χ0) is 45.4. The Labute approximate surface area is 396 Å². The van der Waals surface area contributed by atoms with Gasteiger partial charge in [0.2, 0.25) is 0 Å². The Morgan fingerprint density at radius 2 is 0.870 bits per heavy atom. The Kier molecular flexibility index (Phi) is 8.79. The molecule has 14 rings (SSSR count). The Balaban J connectivity index is 1.09. The van der Waals surface area contributed by atoms with E-state index in [-0.39, 0.29) is 0 Å². The molecule has 322 valence electrons. The lowest BCUT2D eigenvalue weighted by Crippen LogP contribution is -2.01. The Morgan fingerprint density at radius 1 is 0.319 bits per heavy atom. The second-order valence-corrected chi connectivity index (χ2v) is 17.5. The molecular weight excluding hydrogens is 843 g/mol. The predicted octanol–water partition coefficient (Wildman–Crippen LogP) is 16.3. The van der Waals surface area contributed by atoms with E-state index in [9.17, 15) is 0 Å². The van der Waals surface area contributed by atoms with Crippen molar-refractivity contribution in [2.75, 3.05) is 0 Å².